The number of esters is 1. The fourth-order valence-electron chi connectivity index (χ4n) is 3.61. The molecule has 0 radical (unpaired) electrons. The van der Waals surface area contributed by atoms with Gasteiger partial charge in [-0.15, -0.1) is 0 Å². The third kappa shape index (κ3) is 7.45. The summed E-state index contributed by atoms with van der Waals surface area (Å²) in [4.78, 5) is 24.0. The van der Waals surface area contributed by atoms with Gasteiger partial charge in [0, 0.05) is 12.5 Å². The molecule has 1 atom stereocenters. The number of aryl methyl sites for hydroxylation is 2. The van der Waals surface area contributed by atoms with Crippen LogP contribution in [0.15, 0.2) is 54.6 Å². The van der Waals surface area contributed by atoms with Crippen LogP contribution in [-0.2, 0) is 22.1 Å². The van der Waals surface area contributed by atoms with Crippen LogP contribution < -0.4 is 10.1 Å². The fourth-order valence-corrected chi connectivity index (χ4v) is 3.88. The summed E-state index contributed by atoms with van der Waals surface area (Å²) in [5, 5.41) is 2.26. The lowest BCUT2D eigenvalue weighted by Crippen LogP contribution is -2.27. The molecule has 0 aliphatic heterocycles. The number of carbonyl (C=O) groups is 2. The largest absolute Gasteiger partial charge is 0.469 e. The SMILES string of the molecule is COC(=O)CCc1ccc(Oc2cc(F)cc(C(C)NC(=O)c3ccc(C(F)(F)F)cc3Cl)c2)cc1C. The van der Waals surface area contributed by atoms with E-state index >= 15 is 0 Å². The summed E-state index contributed by atoms with van der Waals surface area (Å²) in [6.45, 7) is 3.45. The molecule has 0 spiro atoms. The van der Waals surface area contributed by atoms with Gasteiger partial charge in [0.1, 0.15) is 17.3 Å². The van der Waals surface area contributed by atoms with Crippen molar-refractivity contribution in [1.29, 1.82) is 0 Å². The summed E-state index contributed by atoms with van der Waals surface area (Å²) >= 11 is 5.90. The number of nitrogens with one attached hydrogen (secondary N) is 1. The molecule has 37 heavy (non-hydrogen) atoms. The van der Waals surface area contributed by atoms with Crippen LogP contribution in [0.5, 0.6) is 11.5 Å². The normalized spacial score (nSPS) is 12.1. The first-order chi connectivity index (χ1) is 17.4. The Morgan fingerprint density at radius 2 is 1.76 bits per heavy atom. The third-order valence-electron chi connectivity index (χ3n) is 5.66. The van der Waals surface area contributed by atoms with E-state index in [1.54, 1.807) is 25.1 Å². The van der Waals surface area contributed by atoms with Crippen LogP contribution in [0.2, 0.25) is 5.02 Å². The molecule has 1 unspecified atom stereocenters. The Morgan fingerprint density at radius 3 is 2.38 bits per heavy atom. The maximum Gasteiger partial charge on any atom is 0.416 e. The lowest BCUT2D eigenvalue weighted by atomic mass is 10.0. The van der Waals surface area contributed by atoms with Gasteiger partial charge in [0.25, 0.3) is 5.91 Å². The Hall–Kier alpha value is -3.59. The average Bonchev–Trinajstić information content (AvgIpc) is 2.82. The number of halogens is 5. The molecule has 3 aromatic rings. The van der Waals surface area contributed by atoms with Gasteiger partial charge in [-0.2, -0.15) is 13.2 Å². The van der Waals surface area contributed by atoms with E-state index in [9.17, 15) is 27.2 Å². The molecule has 5 nitrogen and oxygen atoms in total. The minimum Gasteiger partial charge on any atom is -0.469 e. The number of carbonyl (C=O) groups excluding carboxylic acids is 2. The Morgan fingerprint density at radius 1 is 1.03 bits per heavy atom. The van der Waals surface area contributed by atoms with Gasteiger partial charge in [-0.1, -0.05) is 17.7 Å². The van der Waals surface area contributed by atoms with Gasteiger partial charge in [-0.3, -0.25) is 9.59 Å². The summed E-state index contributed by atoms with van der Waals surface area (Å²) in [7, 11) is 1.33. The predicted octanol–water partition coefficient (Wildman–Crippen LogP) is 7.20. The minimum atomic E-state index is -4.59. The molecule has 0 saturated carbocycles. The number of hydrogen-bond donors (Lipinski definition) is 1. The van der Waals surface area contributed by atoms with E-state index in [-0.39, 0.29) is 28.7 Å². The van der Waals surface area contributed by atoms with Crippen molar-refractivity contribution in [2.24, 2.45) is 0 Å². The van der Waals surface area contributed by atoms with Crippen LogP contribution >= 0.6 is 11.6 Å². The van der Waals surface area contributed by atoms with Crippen molar-refractivity contribution in [2.75, 3.05) is 7.11 Å². The Labute approximate surface area is 216 Å². The molecule has 3 aromatic carbocycles. The minimum absolute atomic E-state index is 0.142. The van der Waals surface area contributed by atoms with Crippen molar-refractivity contribution in [3.05, 3.63) is 93.3 Å². The lowest BCUT2D eigenvalue weighted by Gasteiger charge is -2.17. The molecule has 0 bridgehead atoms. The number of benzene rings is 3. The van der Waals surface area contributed by atoms with E-state index in [2.05, 4.69) is 10.1 Å². The second-order valence-electron chi connectivity index (χ2n) is 8.37. The molecule has 0 saturated heterocycles. The van der Waals surface area contributed by atoms with Crippen molar-refractivity contribution in [3.63, 3.8) is 0 Å². The summed E-state index contributed by atoms with van der Waals surface area (Å²) in [6.07, 6.45) is -3.85. The van der Waals surface area contributed by atoms with Gasteiger partial charge in [-0.05, 0) is 79.4 Å². The zero-order chi connectivity index (χ0) is 27.3. The van der Waals surface area contributed by atoms with Gasteiger partial charge in [-0.25, -0.2) is 4.39 Å². The van der Waals surface area contributed by atoms with Crippen LogP contribution in [0.1, 0.15) is 52.0 Å². The Balaban J connectivity index is 1.73. The Bertz CT molecular complexity index is 1310. The van der Waals surface area contributed by atoms with Crippen molar-refractivity contribution in [1.82, 2.24) is 5.32 Å². The van der Waals surface area contributed by atoms with E-state index in [1.165, 1.54) is 19.2 Å². The van der Waals surface area contributed by atoms with Crippen LogP contribution in [0.25, 0.3) is 0 Å². The average molecular weight is 538 g/mol. The van der Waals surface area contributed by atoms with Crippen LogP contribution in [0, 0.1) is 12.7 Å². The first kappa shape index (κ1) is 28.0. The highest BCUT2D eigenvalue weighted by Crippen LogP contribution is 2.33. The maximum atomic E-state index is 14.4. The molecule has 196 valence electrons. The smallest absolute Gasteiger partial charge is 0.416 e. The Kier molecular flexibility index (Phi) is 8.81. The molecule has 0 aliphatic rings. The molecule has 0 aliphatic carbocycles. The standard InChI is InChI=1S/C27H24ClF4NO4/c1-15-10-21(7-4-17(15)5-9-25(34)36-3)37-22-12-18(11-20(29)14-22)16(2)33-26(35)23-8-6-19(13-24(23)28)27(30,31)32/h4,6-8,10-14,16H,5,9H2,1-3H3,(H,33,35). The molecular formula is C27H24ClF4NO4. The van der Waals surface area contributed by atoms with Gasteiger partial charge >= 0.3 is 12.1 Å². The van der Waals surface area contributed by atoms with Crippen LogP contribution in [-0.4, -0.2) is 19.0 Å². The molecule has 0 aromatic heterocycles. The number of ether oxygens (including phenoxy) is 2. The van der Waals surface area contributed by atoms with Crippen molar-refractivity contribution in [3.8, 4) is 11.5 Å². The highest BCUT2D eigenvalue weighted by Gasteiger charge is 2.31. The van der Waals surface area contributed by atoms with E-state index < -0.39 is 29.5 Å². The molecule has 1 amide bonds. The second-order valence-corrected chi connectivity index (χ2v) is 8.78. The summed E-state index contributed by atoms with van der Waals surface area (Å²) in [5.41, 5.74) is 1.08. The number of methoxy groups -OCH3 is 1. The van der Waals surface area contributed by atoms with Crippen molar-refractivity contribution in [2.45, 2.75) is 38.9 Å². The van der Waals surface area contributed by atoms with Gasteiger partial charge in [0.05, 0.1) is 29.3 Å². The van der Waals surface area contributed by atoms with E-state index in [0.29, 0.717) is 23.8 Å². The third-order valence-corrected chi connectivity index (χ3v) is 5.97. The molecule has 0 heterocycles. The number of rotatable bonds is 8. The number of alkyl halides is 3. The van der Waals surface area contributed by atoms with Crippen LogP contribution in [0.3, 0.4) is 0 Å². The molecule has 1 N–H and O–H groups in total. The second kappa shape index (κ2) is 11.6. The van der Waals surface area contributed by atoms with Gasteiger partial charge in [0.15, 0.2) is 0 Å². The van der Waals surface area contributed by atoms with Crippen molar-refractivity contribution < 1.29 is 36.6 Å². The number of hydrogen-bond acceptors (Lipinski definition) is 4. The predicted molar refractivity (Wildman–Crippen MR) is 130 cm³/mol. The lowest BCUT2D eigenvalue weighted by molar-refractivity contribution is -0.140. The van der Waals surface area contributed by atoms with Crippen molar-refractivity contribution >= 4 is 23.5 Å². The van der Waals surface area contributed by atoms with Gasteiger partial charge in [0.2, 0.25) is 0 Å². The number of amides is 1. The zero-order valence-corrected chi connectivity index (χ0v) is 21.0. The van der Waals surface area contributed by atoms with Crippen LogP contribution in [0.4, 0.5) is 17.6 Å². The molecule has 0 fully saturated rings. The highest BCUT2D eigenvalue weighted by molar-refractivity contribution is 6.33. The summed E-state index contributed by atoms with van der Waals surface area (Å²) in [5.74, 6) is -0.994. The fraction of sp³-hybridized carbons (Fsp3) is 0.259. The zero-order valence-electron chi connectivity index (χ0n) is 20.2. The maximum absolute atomic E-state index is 14.4. The topological polar surface area (TPSA) is 64.6 Å². The molecule has 3 rings (SSSR count). The van der Waals surface area contributed by atoms with Gasteiger partial charge < -0.3 is 14.8 Å². The van der Waals surface area contributed by atoms with E-state index in [1.807, 2.05) is 13.0 Å². The first-order valence-corrected chi connectivity index (χ1v) is 11.6. The highest BCUT2D eigenvalue weighted by atomic mass is 35.5. The summed E-state index contributed by atoms with van der Waals surface area (Å²) < 4.78 is 63.4. The monoisotopic (exact) mass is 537 g/mol. The molecule has 10 heteroatoms. The summed E-state index contributed by atoms with van der Waals surface area (Å²) in [6, 6.07) is 10.9. The first-order valence-electron chi connectivity index (χ1n) is 11.2. The van der Waals surface area contributed by atoms with E-state index in [0.717, 1.165) is 23.3 Å². The molecular weight excluding hydrogens is 514 g/mol. The van der Waals surface area contributed by atoms with E-state index in [4.69, 9.17) is 16.3 Å². The quantitative estimate of drug-likeness (QED) is 0.244.